The molecular weight excluding hydrogens is 346 g/mol. The fourth-order valence-electron chi connectivity index (χ4n) is 2.30. The fourth-order valence-corrected chi connectivity index (χ4v) is 2.30. The molecule has 0 unspecified atom stereocenters. The number of hydrogen-bond acceptors (Lipinski definition) is 7. The fraction of sp³-hybridized carbons (Fsp3) is 0. The van der Waals surface area contributed by atoms with Crippen LogP contribution in [0.2, 0.25) is 0 Å². The molecule has 1 N–H and O–H groups in total. The maximum atomic E-state index is 12.5. The van der Waals surface area contributed by atoms with Crippen molar-refractivity contribution in [2.24, 2.45) is 0 Å². The summed E-state index contributed by atoms with van der Waals surface area (Å²) in [4.78, 5) is 20.7. The van der Waals surface area contributed by atoms with E-state index >= 15 is 0 Å². The molecule has 2 aromatic carbocycles. The number of hydrogen-bond donors (Lipinski definition) is 1. The lowest BCUT2D eigenvalue weighted by Gasteiger charge is -2.07. The predicted octanol–water partition coefficient (Wildman–Crippen LogP) is 2.50. The molecule has 0 spiro atoms. The number of tetrazole rings is 1. The Balaban J connectivity index is 1.44. The number of ether oxygens (including phenoxy) is 1. The second-order valence-corrected chi connectivity index (χ2v) is 5.43. The van der Waals surface area contributed by atoms with E-state index in [1.54, 1.807) is 36.4 Å². The largest absolute Gasteiger partial charge is 0.424 e. The highest BCUT2D eigenvalue weighted by Gasteiger charge is 2.09. The minimum atomic E-state index is -0.301. The van der Waals surface area contributed by atoms with Gasteiger partial charge in [-0.15, -0.1) is 5.10 Å². The molecule has 0 radical (unpaired) electrons. The molecule has 0 fully saturated rings. The zero-order chi connectivity index (χ0) is 18.5. The van der Waals surface area contributed by atoms with E-state index in [9.17, 15) is 4.79 Å². The van der Waals surface area contributed by atoms with Crippen LogP contribution in [0.1, 0.15) is 10.4 Å². The van der Waals surface area contributed by atoms with E-state index in [-0.39, 0.29) is 11.9 Å². The quantitative estimate of drug-likeness (QED) is 0.583. The number of anilines is 1. The average molecular weight is 359 g/mol. The van der Waals surface area contributed by atoms with Crippen molar-refractivity contribution in [2.45, 2.75) is 0 Å². The van der Waals surface area contributed by atoms with Crippen molar-refractivity contribution in [3.8, 4) is 17.4 Å². The van der Waals surface area contributed by atoms with Crippen molar-refractivity contribution in [1.29, 1.82) is 0 Å². The zero-order valence-electron chi connectivity index (χ0n) is 13.9. The van der Waals surface area contributed by atoms with Gasteiger partial charge in [0, 0.05) is 5.56 Å². The number of carbonyl (C=O) groups is 1. The summed E-state index contributed by atoms with van der Waals surface area (Å²) >= 11 is 0. The number of benzene rings is 2. The molecule has 0 aliphatic heterocycles. The molecule has 27 heavy (non-hydrogen) atoms. The van der Waals surface area contributed by atoms with Crippen LogP contribution in [0.4, 0.5) is 5.69 Å². The van der Waals surface area contributed by atoms with E-state index in [0.717, 1.165) is 0 Å². The molecule has 2 heterocycles. The molecule has 0 saturated carbocycles. The summed E-state index contributed by atoms with van der Waals surface area (Å²) in [6.07, 6.45) is 4.42. The zero-order valence-corrected chi connectivity index (χ0v) is 13.9. The Kier molecular flexibility index (Phi) is 4.48. The first-order chi connectivity index (χ1) is 13.3. The van der Waals surface area contributed by atoms with Crippen molar-refractivity contribution < 1.29 is 9.53 Å². The van der Waals surface area contributed by atoms with Gasteiger partial charge in [0.15, 0.2) is 0 Å². The van der Waals surface area contributed by atoms with Crippen LogP contribution in [-0.2, 0) is 0 Å². The van der Waals surface area contributed by atoms with E-state index in [4.69, 9.17) is 4.74 Å². The molecule has 0 aliphatic carbocycles. The summed E-state index contributed by atoms with van der Waals surface area (Å²) < 4.78 is 6.99. The molecule has 0 aliphatic rings. The number of aromatic nitrogens is 6. The first-order valence-corrected chi connectivity index (χ1v) is 7.98. The molecule has 9 nitrogen and oxygen atoms in total. The van der Waals surface area contributed by atoms with Gasteiger partial charge >= 0.3 is 6.01 Å². The van der Waals surface area contributed by atoms with Gasteiger partial charge in [0.1, 0.15) is 12.1 Å². The molecule has 9 heteroatoms. The first kappa shape index (κ1) is 16.3. The SMILES string of the molecule is O=C(Nc1cnc(Oc2ccccc2)nc1)c1cccc(-n2cnnn2)c1. The van der Waals surface area contributed by atoms with Crippen molar-refractivity contribution in [3.63, 3.8) is 0 Å². The molecule has 0 saturated heterocycles. The van der Waals surface area contributed by atoms with Crippen molar-refractivity contribution in [1.82, 2.24) is 30.2 Å². The molecule has 4 aromatic rings. The third-order valence-corrected chi connectivity index (χ3v) is 3.56. The Morgan fingerprint density at radius 2 is 1.81 bits per heavy atom. The van der Waals surface area contributed by atoms with E-state index in [0.29, 0.717) is 22.7 Å². The minimum absolute atomic E-state index is 0.194. The van der Waals surface area contributed by atoms with Crippen LogP contribution in [0, 0.1) is 0 Å². The highest BCUT2D eigenvalue weighted by Crippen LogP contribution is 2.18. The van der Waals surface area contributed by atoms with Gasteiger partial charge in [0.25, 0.3) is 5.91 Å². The van der Waals surface area contributed by atoms with Gasteiger partial charge in [0.05, 0.1) is 23.8 Å². The predicted molar refractivity (Wildman–Crippen MR) is 95.7 cm³/mol. The normalized spacial score (nSPS) is 10.4. The van der Waals surface area contributed by atoms with Crippen LogP contribution in [-0.4, -0.2) is 36.1 Å². The summed E-state index contributed by atoms with van der Waals surface area (Å²) in [5.41, 5.74) is 1.58. The molecule has 1 amide bonds. The van der Waals surface area contributed by atoms with Gasteiger partial charge in [-0.25, -0.2) is 14.6 Å². The highest BCUT2D eigenvalue weighted by molar-refractivity contribution is 6.04. The number of rotatable bonds is 5. The van der Waals surface area contributed by atoms with Crippen LogP contribution >= 0.6 is 0 Å². The van der Waals surface area contributed by atoms with E-state index in [1.165, 1.54) is 23.4 Å². The van der Waals surface area contributed by atoms with Gasteiger partial charge < -0.3 is 10.1 Å². The van der Waals surface area contributed by atoms with Crippen LogP contribution in [0.3, 0.4) is 0 Å². The number of carbonyl (C=O) groups excluding carboxylic acids is 1. The lowest BCUT2D eigenvalue weighted by molar-refractivity contribution is 0.102. The van der Waals surface area contributed by atoms with Gasteiger partial charge in [-0.3, -0.25) is 4.79 Å². The Bertz CT molecular complexity index is 1040. The standard InChI is InChI=1S/C18H13N7O2/c26-17(13-5-4-6-15(9-13)25-12-21-23-24-25)22-14-10-19-18(20-11-14)27-16-7-2-1-3-8-16/h1-12H,(H,22,26). The number of nitrogens with zero attached hydrogens (tertiary/aromatic N) is 6. The lowest BCUT2D eigenvalue weighted by atomic mass is 10.2. The second-order valence-electron chi connectivity index (χ2n) is 5.43. The average Bonchev–Trinajstić information content (AvgIpc) is 3.25. The molecule has 4 rings (SSSR count). The molecule has 132 valence electrons. The van der Waals surface area contributed by atoms with E-state index < -0.39 is 0 Å². The van der Waals surface area contributed by atoms with E-state index in [2.05, 4.69) is 30.8 Å². The van der Waals surface area contributed by atoms with Crippen LogP contribution in [0.25, 0.3) is 5.69 Å². The second kappa shape index (κ2) is 7.40. The number of nitrogens with one attached hydrogen (secondary N) is 1. The van der Waals surface area contributed by atoms with Crippen LogP contribution in [0.5, 0.6) is 11.8 Å². The maximum Gasteiger partial charge on any atom is 0.322 e. The van der Waals surface area contributed by atoms with Crippen LogP contribution < -0.4 is 10.1 Å². The Morgan fingerprint density at radius 1 is 1.00 bits per heavy atom. The molecule has 0 bridgehead atoms. The van der Waals surface area contributed by atoms with Gasteiger partial charge in [-0.2, -0.15) is 0 Å². The number of amides is 1. The molecular formula is C18H13N7O2. The molecule has 0 atom stereocenters. The van der Waals surface area contributed by atoms with Crippen molar-refractivity contribution in [3.05, 3.63) is 78.9 Å². The third kappa shape index (κ3) is 3.93. The Morgan fingerprint density at radius 3 is 2.56 bits per heavy atom. The minimum Gasteiger partial charge on any atom is -0.424 e. The van der Waals surface area contributed by atoms with Crippen molar-refractivity contribution in [2.75, 3.05) is 5.32 Å². The first-order valence-electron chi connectivity index (χ1n) is 7.98. The van der Waals surface area contributed by atoms with Crippen molar-refractivity contribution >= 4 is 11.6 Å². The summed E-state index contributed by atoms with van der Waals surface area (Å²) in [6, 6.07) is 16.3. The monoisotopic (exact) mass is 359 g/mol. The lowest BCUT2D eigenvalue weighted by Crippen LogP contribution is -2.13. The maximum absolute atomic E-state index is 12.5. The molecule has 2 aromatic heterocycles. The Labute approximate surface area is 153 Å². The topological polar surface area (TPSA) is 108 Å². The van der Waals surface area contributed by atoms with Gasteiger partial charge in [0.2, 0.25) is 0 Å². The Hall–Kier alpha value is -4.14. The van der Waals surface area contributed by atoms with Gasteiger partial charge in [-0.05, 0) is 40.8 Å². The van der Waals surface area contributed by atoms with E-state index in [1.807, 2.05) is 18.2 Å². The third-order valence-electron chi connectivity index (χ3n) is 3.56. The summed E-state index contributed by atoms with van der Waals surface area (Å²) in [6.45, 7) is 0. The van der Waals surface area contributed by atoms with Crippen LogP contribution in [0.15, 0.2) is 73.3 Å². The summed E-state index contributed by atoms with van der Waals surface area (Å²) in [5.74, 6) is 0.332. The summed E-state index contributed by atoms with van der Waals surface area (Å²) in [7, 11) is 0. The smallest absolute Gasteiger partial charge is 0.322 e. The highest BCUT2D eigenvalue weighted by atomic mass is 16.5. The summed E-state index contributed by atoms with van der Waals surface area (Å²) in [5, 5.41) is 13.7. The number of para-hydroxylation sites is 1. The van der Waals surface area contributed by atoms with Gasteiger partial charge in [-0.1, -0.05) is 24.3 Å².